The normalized spacial score (nSPS) is 16.7. The molecule has 33 nitrogen and oxygen atoms in total. The van der Waals surface area contributed by atoms with E-state index in [1.54, 1.807) is 54.6 Å². The molecule has 9 N–H and O–H groups in total. The first-order valence-corrected chi connectivity index (χ1v) is 48.5. The third-order valence-corrected chi connectivity index (χ3v) is 29.3. The largest absolute Gasteiger partial charge is 0.480 e. The minimum Gasteiger partial charge on any atom is -0.480 e. The van der Waals surface area contributed by atoms with Crippen LogP contribution in [-0.4, -0.2) is 225 Å². The number of piperidine rings is 3. The van der Waals surface area contributed by atoms with Gasteiger partial charge in [0.1, 0.15) is 57.6 Å². The van der Waals surface area contributed by atoms with Gasteiger partial charge < -0.3 is 74.9 Å². The average Bonchev–Trinajstić information content (AvgIpc) is 1.63. The highest BCUT2D eigenvalue weighted by Crippen LogP contribution is 2.38. The standard InChI is InChI=1S/3C30H34N4O7S2/c2*1-19-11-12-25(28(38)31-19)34-16-23-22(29(34)39)9-6-10-24(23)32-30(40)41-18-20(2)43-42-14-13-26(35)33(17-27(36)37)15-21-7-4-3-5-8-21;1-19-11-12-25(28(38)31-19)34-17-23-22(29(34)39)9-6-10-24(23)32-30(40)41-13-14-42-43-20(2)15-26(35)33(18-27(36)37)16-21-7-4-3-5-8-21/h3*3-10,20,25H,1,11-18H2,2H3,(H,31,38)(H,32,40)(H,36,37)/t3*20-,25?/m101/s1. The van der Waals surface area contributed by atoms with Crippen LogP contribution >= 0.6 is 64.8 Å². The van der Waals surface area contributed by atoms with Gasteiger partial charge in [-0.2, -0.15) is 0 Å². The van der Waals surface area contributed by atoms with Crippen LogP contribution in [0.1, 0.15) is 143 Å². The van der Waals surface area contributed by atoms with Gasteiger partial charge in [0.2, 0.25) is 35.4 Å². The zero-order chi connectivity index (χ0) is 92.8. The number of allylic oxidation sites excluding steroid dienone is 3. The fraction of sp³-hybridized carbons (Fsp3) is 0.367. The van der Waals surface area contributed by atoms with Crippen LogP contribution in [-0.2, 0) is 96.6 Å². The topological polar surface area (TPSA) is 436 Å². The third kappa shape index (κ3) is 29.8. The molecule has 6 aliphatic rings. The van der Waals surface area contributed by atoms with E-state index in [9.17, 15) is 87.2 Å². The number of nitrogens with zero attached hydrogens (tertiary/aromatic N) is 6. The summed E-state index contributed by atoms with van der Waals surface area (Å²) in [5, 5.41) is 43.7. The predicted molar refractivity (Wildman–Crippen MR) is 496 cm³/mol. The molecule has 3 fully saturated rings. The first-order valence-electron chi connectivity index (χ1n) is 41.4. The molecular formula is C90H102N12O21S6. The Morgan fingerprint density at radius 1 is 0.411 bits per heavy atom. The Balaban J connectivity index is 0.000000201. The van der Waals surface area contributed by atoms with E-state index < -0.39 is 54.3 Å². The van der Waals surface area contributed by atoms with Crippen LogP contribution in [0.3, 0.4) is 0 Å². The van der Waals surface area contributed by atoms with E-state index in [2.05, 4.69) is 51.6 Å². The fourth-order valence-electron chi connectivity index (χ4n) is 14.5. The number of nitrogens with one attached hydrogen (secondary N) is 6. The van der Waals surface area contributed by atoms with Crippen LogP contribution in [0.4, 0.5) is 31.4 Å². The second-order valence-electron chi connectivity index (χ2n) is 30.7. The smallest absolute Gasteiger partial charge is 0.411 e. The molecule has 0 spiro atoms. The maximum Gasteiger partial charge on any atom is 0.411 e. The van der Waals surface area contributed by atoms with Gasteiger partial charge in [0.05, 0.1) is 0 Å². The lowest BCUT2D eigenvalue weighted by atomic mass is 10.0. The molecule has 3 saturated heterocycles. The van der Waals surface area contributed by atoms with Gasteiger partial charge in [-0.3, -0.25) is 73.5 Å². The Kier molecular flexibility index (Phi) is 37.7. The van der Waals surface area contributed by atoms with E-state index in [-0.39, 0.29) is 167 Å². The molecule has 6 aliphatic heterocycles. The van der Waals surface area contributed by atoms with E-state index >= 15 is 0 Å². The van der Waals surface area contributed by atoms with Crippen molar-refractivity contribution < 1.29 is 101 Å². The Labute approximate surface area is 769 Å². The van der Waals surface area contributed by atoms with Crippen molar-refractivity contribution in [3.8, 4) is 0 Å². The lowest BCUT2D eigenvalue weighted by molar-refractivity contribution is -0.144. The first-order chi connectivity index (χ1) is 61.9. The van der Waals surface area contributed by atoms with Gasteiger partial charge in [-0.1, -0.05) is 201 Å². The second-order valence-corrected chi connectivity index (χ2v) is 39.5. The second kappa shape index (κ2) is 49.0. The fourth-order valence-corrected chi connectivity index (χ4v) is 20.8. The van der Waals surface area contributed by atoms with E-state index in [4.69, 9.17) is 14.2 Å². The van der Waals surface area contributed by atoms with Crippen LogP contribution in [0.15, 0.2) is 182 Å². The molecule has 6 aromatic carbocycles. The van der Waals surface area contributed by atoms with Crippen molar-refractivity contribution in [3.05, 3.63) is 232 Å². The molecule has 0 bridgehead atoms. The van der Waals surface area contributed by atoms with E-state index in [1.807, 2.05) is 112 Å². The molecule has 39 heteroatoms. The molecule has 12 amide bonds. The lowest BCUT2D eigenvalue weighted by Gasteiger charge is -2.31. The van der Waals surface area contributed by atoms with Crippen molar-refractivity contribution in [1.29, 1.82) is 0 Å². The summed E-state index contributed by atoms with van der Waals surface area (Å²) in [5.74, 6) is -4.07. The van der Waals surface area contributed by atoms with Crippen LogP contribution in [0, 0.1) is 0 Å². The SMILES string of the molecule is C=C1CCC(N2Cc3c(NC(=O)OCCSS[C@H](C)CC(=O)N(CC(=O)O)Cc4ccccc4)cccc3C2=O)C(=O)N1.C=C1CCC(N2Cc3c(NC(=O)OC[C@@H](C)SSCCC(=O)N(CC(=O)O)Cc4ccccc4)cccc3C2=O)C(=O)N1.C=C1CCC(N2Cc3c(NC(=O)OC[C@H](C)SSCCC(=O)N(CC(=O)O)Cc4ccccc4)cccc3C2=O)C(=O)N1. The molecule has 684 valence electrons. The van der Waals surface area contributed by atoms with Crippen molar-refractivity contribution >= 4 is 171 Å². The molecule has 6 atom stereocenters. The Morgan fingerprint density at radius 2 is 0.713 bits per heavy atom. The van der Waals surface area contributed by atoms with Gasteiger partial charge in [-0.15, -0.1) is 0 Å². The van der Waals surface area contributed by atoms with E-state index in [1.165, 1.54) is 94.2 Å². The monoisotopic (exact) mass is 1880 g/mol. The van der Waals surface area contributed by atoms with Crippen molar-refractivity contribution in [2.24, 2.45) is 0 Å². The van der Waals surface area contributed by atoms with Crippen LogP contribution in [0.25, 0.3) is 0 Å². The summed E-state index contributed by atoms with van der Waals surface area (Å²) < 4.78 is 16.1. The number of carboxylic acids is 3. The number of rotatable bonds is 39. The molecule has 6 heterocycles. The van der Waals surface area contributed by atoms with Crippen LogP contribution in [0.5, 0.6) is 0 Å². The molecule has 12 rings (SSSR count). The maximum absolute atomic E-state index is 13.0. The van der Waals surface area contributed by atoms with Crippen molar-refractivity contribution in [3.63, 3.8) is 0 Å². The van der Waals surface area contributed by atoms with Gasteiger partial charge in [-0.25, -0.2) is 14.4 Å². The third-order valence-electron chi connectivity index (χ3n) is 20.7. The van der Waals surface area contributed by atoms with Crippen molar-refractivity contribution in [2.75, 3.05) is 72.7 Å². The molecule has 0 aliphatic carbocycles. The predicted octanol–water partition coefficient (Wildman–Crippen LogP) is 12.8. The number of carboxylic acid groups (broad SMARTS) is 3. The minimum atomic E-state index is -1.07. The maximum atomic E-state index is 13.0. The summed E-state index contributed by atoms with van der Waals surface area (Å²) in [4.78, 5) is 195. The number of fused-ring (bicyclic) bond motifs is 3. The van der Waals surface area contributed by atoms with Crippen LogP contribution < -0.4 is 31.9 Å². The molecular weight excluding hydrogens is 1780 g/mol. The zero-order valence-corrected chi connectivity index (χ0v) is 76.1. The Bertz CT molecular complexity index is 4950. The summed E-state index contributed by atoms with van der Waals surface area (Å²) in [6, 6.07) is 41.0. The number of carbonyl (C=O) groups excluding carboxylic acids is 12. The Morgan fingerprint density at radius 3 is 1.03 bits per heavy atom. The van der Waals surface area contributed by atoms with Gasteiger partial charge in [0.15, 0.2) is 0 Å². The van der Waals surface area contributed by atoms with Gasteiger partial charge in [0, 0.05) is 159 Å². The number of amides is 12. The lowest BCUT2D eigenvalue weighted by Crippen LogP contribution is -2.49. The van der Waals surface area contributed by atoms with Gasteiger partial charge in [0.25, 0.3) is 17.7 Å². The molecule has 3 unspecified atom stereocenters. The molecule has 6 aromatic rings. The summed E-state index contributed by atoms with van der Waals surface area (Å²) in [7, 11) is 8.73. The molecule has 129 heavy (non-hydrogen) atoms. The number of ether oxygens (including phenoxy) is 3. The number of aliphatic carboxylic acids is 3. The van der Waals surface area contributed by atoms with E-state index in [0.29, 0.717) is 123 Å². The summed E-state index contributed by atoms with van der Waals surface area (Å²) >= 11 is 0. The number of hydrogen-bond donors (Lipinski definition) is 9. The quantitative estimate of drug-likeness (QED) is 0.00983. The highest BCUT2D eigenvalue weighted by atomic mass is 33.1. The number of hydrogen-bond acceptors (Lipinski definition) is 24. The summed E-state index contributed by atoms with van der Waals surface area (Å²) in [5.41, 5.74) is 9.06. The first kappa shape index (κ1) is 99.3. The molecule has 0 radical (unpaired) electrons. The molecule has 0 saturated carbocycles. The van der Waals surface area contributed by atoms with Gasteiger partial charge in [-0.05, 0) is 105 Å². The summed E-state index contributed by atoms with van der Waals surface area (Å²) in [6.07, 6.45) is 1.80. The minimum absolute atomic E-state index is 0.0802. The number of carbonyl (C=O) groups is 15. The van der Waals surface area contributed by atoms with Crippen molar-refractivity contribution in [1.82, 2.24) is 45.3 Å². The average molecular weight is 1880 g/mol. The highest BCUT2D eigenvalue weighted by Gasteiger charge is 2.43. The van der Waals surface area contributed by atoms with E-state index in [0.717, 1.165) is 16.7 Å². The summed E-state index contributed by atoms with van der Waals surface area (Å²) in [6.45, 7) is 17.5. The zero-order valence-electron chi connectivity index (χ0n) is 71.2. The Hall–Kier alpha value is -11.9. The highest BCUT2D eigenvalue weighted by molar-refractivity contribution is 8.77. The molecule has 0 aromatic heterocycles. The van der Waals surface area contributed by atoms with Crippen LogP contribution in [0.2, 0.25) is 0 Å². The number of benzene rings is 6. The number of anilines is 3. The van der Waals surface area contributed by atoms with Crippen molar-refractivity contribution in [2.45, 2.75) is 152 Å². The van der Waals surface area contributed by atoms with Gasteiger partial charge >= 0.3 is 36.2 Å².